The fourth-order valence-electron chi connectivity index (χ4n) is 1.97. The number of benzene rings is 1. The number of hydrogen-bond acceptors (Lipinski definition) is 5. The molecule has 0 aliphatic carbocycles. The number of nitrogens with zero attached hydrogens (tertiary/aromatic N) is 2. The summed E-state index contributed by atoms with van der Waals surface area (Å²) in [4.78, 5) is 20.7. The van der Waals surface area contributed by atoms with E-state index in [4.69, 9.17) is 0 Å². The Balaban J connectivity index is 2.50. The van der Waals surface area contributed by atoms with Crippen molar-refractivity contribution < 1.29 is 22.5 Å². The molecule has 21 heavy (non-hydrogen) atoms. The summed E-state index contributed by atoms with van der Waals surface area (Å²) in [6, 6.07) is 1.69. The van der Waals surface area contributed by atoms with Crippen molar-refractivity contribution in [3.8, 4) is 0 Å². The van der Waals surface area contributed by atoms with Gasteiger partial charge in [-0.05, 0) is 18.6 Å². The summed E-state index contributed by atoms with van der Waals surface area (Å²) in [7, 11) is -4.09. The SMILES string of the molecule is Cc1cc(S(=O)(=O)N2CCNC(=O)C2)cc([N+](=O)[O-])c1F. The molecule has 0 bridgehead atoms. The first-order chi connectivity index (χ1) is 9.73. The normalized spacial score (nSPS) is 16.6. The summed E-state index contributed by atoms with van der Waals surface area (Å²) in [5.74, 6) is -1.53. The number of rotatable bonds is 3. The number of nitro benzene ring substituents is 1. The van der Waals surface area contributed by atoms with Crippen LogP contribution in [0.1, 0.15) is 5.56 Å². The van der Waals surface area contributed by atoms with Crippen molar-refractivity contribution in [3.05, 3.63) is 33.6 Å². The average molecular weight is 317 g/mol. The largest absolute Gasteiger partial charge is 0.354 e. The van der Waals surface area contributed by atoms with E-state index in [9.17, 15) is 27.7 Å². The van der Waals surface area contributed by atoms with Crippen molar-refractivity contribution in [1.82, 2.24) is 9.62 Å². The summed E-state index contributed by atoms with van der Waals surface area (Å²) in [6.45, 7) is 1.08. The Bertz CT molecular complexity index is 719. The maximum Gasteiger partial charge on any atom is 0.306 e. The van der Waals surface area contributed by atoms with Crippen LogP contribution in [0.25, 0.3) is 0 Å². The lowest BCUT2D eigenvalue weighted by atomic mass is 10.2. The number of sulfonamides is 1. The Morgan fingerprint density at radius 3 is 2.67 bits per heavy atom. The van der Waals surface area contributed by atoms with E-state index in [0.29, 0.717) is 6.07 Å². The van der Waals surface area contributed by atoms with E-state index in [2.05, 4.69) is 5.32 Å². The van der Waals surface area contributed by atoms with Crippen LogP contribution in [-0.2, 0) is 14.8 Å². The van der Waals surface area contributed by atoms with Crippen LogP contribution >= 0.6 is 0 Å². The fourth-order valence-corrected chi connectivity index (χ4v) is 3.47. The minimum absolute atomic E-state index is 0.0539. The van der Waals surface area contributed by atoms with Gasteiger partial charge in [-0.3, -0.25) is 14.9 Å². The Hall–Kier alpha value is -2.07. The molecule has 0 atom stereocenters. The van der Waals surface area contributed by atoms with Gasteiger partial charge in [-0.25, -0.2) is 8.42 Å². The number of amides is 1. The quantitative estimate of drug-likeness (QED) is 0.631. The molecule has 10 heteroatoms. The molecule has 1 aliphatic rings. The lowest BCUT2D eigenvalue weighted by Gasteiger charge is -2.25. The first kappa shape index (κ1) is 15.3. The molecule has 1 saturated heterocycles. The minimum atomic E-state index is -4.09. The van der Waals surface area contributed by atoms with Crippen LogP contribution in [0.2, 0.25) is 0 Å². The second-order valence-electron chi connectivity index (χ2n) is 4.52. The van der Waals surface area contributed by atoms with Crippen LogP contribution in [0.4, 0.5) is 10.1 Å². The topological polar surface area (TPSA) is 110 Å². The Labute approximate surface area is 119 Å². The summed E-state index contributed by atoms with van der Waals surface area (Å²) in [5, 5.41) is 13.2. The highest BCUT2D eigenvalue weighted by molar-refractivity contribution is 7.89. The van der Waals surface area contributed by atoms with Crippen LogP contribution in [0, 0.1) is 22.9 Å². The highest BCUT2D eigenvalue weighted by Crippen LogP contribution is 2.27. The molecule has 1 amide bonds. The molecule has 0 aromatic heterocycles. The lowest BCUT2D eigenvalue weighted by Crippen LogP contribution is -2.49. The van der Waals surface area contributed by atoms with Gasteiger partial charge in [0.25, 0.3) is 0 Å². The molecule has 1 aromatic rings. The van der Waals surface area contributed by atoms with Crippen molar-refractivity contribution in [2.45, 2.75) is 11.8 Å². The van der Waals surface area contributed by atoms with Gasteiger partial charge in [-0.2, -0.15) is 8.70 Å². The van der Waals surface area contributed by atoms with Crippen molar-refractivity contribution in [2.75, 3.05) is 19.6 Å². The van der Waals surface area contributed by atoms with E-state index in [-0.39, 0.29) is 25.2 Å². The molecular weight excluding hydrogens is 305 g/mol. The van der Waals surface area contributed by atoms with Crippen LogP contribution in [0.3, 0.4) is 0 Å². The molecule has 1 aromatic carbocycles. The second-order valence-corrected chi connectivity index (χ2v) is 6.46. The predicted molar refractivity (Wildman–Crippen MR) is 69.6 cm³/mol. The minimum Gasteiger partial charge on any atom is -0.354 e. The molecule has 1 aliphatic heterocycles. The summed E-state index contributed by atoms with van der Waals surface area (Å²) in [6.07, 6.45) is 0. The number of aryl methyl sites for hydroxylation is 1. The van der Waals surface area contributed by atoms with E-state index in [1.54, 1.807) is 0 Å². The zero-order chi connectivity index (χ0) is 15.8. The highest BCUT2D eigenvalue weighted by atomic mass is 32.2. The first-order valence-electron chi connectivity index (χ1n) is 5.95. The molecular formula is C11H12FN3O5S. The van der Waals surface area contributed by atoms with Gasteiger partial charge in [0.15, 0.2) is 0 Å². The molecule has 2 rings (SSSR count). The third-order valence-electron chi connectivity index (χ3n) is 3.05. The van der Waals surface area contributed by atoms with Gasteiger partial charge in [0.05, 0.1) is 16.4 Å². The van der Waals surface area contributed by atoms with Crippen molar-refractivity contribution in [1.29, 1.82) is 0 Å². The van der Waals surface area contributed by atoms with Crippen molar-refractivity contribution in [2.24, 2.45) is 0 Å². The van der Waals surface area contributed by atoms with Gasteiger partial charge >= 0.3 is 5.69 Å². The molecule has 0 spiro atoms. The third kappa shape index (κ3) is 2.85. The predicted octanol–water partition coefficient (Wildman–Crippen LogP) is 0.163. The van der Waals surface area contributed by atoms with Gasteiger partial charge in [0.2, 0.25) is 21.7 Å². The number of carbonyl (C=O) groups is 1. The second kappa shape index (κ2) is 5.37. The van der Waals surface area contributed by atoms with E-state index in [0.717, 1.165) is 10.4 Å². The summed E-state index contributed by atoms with van der Waals surface area (Å²) < 4.78 is 39.3. The van der Waals surface area contributed by atoms with E-state index >= 15 is 0 Å². The number of halogens is 1. The van der Waals surface area contributed by atoms with Crippen LogP contribution < -0.4 is 5.32 Å². The van der Waals surface area contributed by atoms with E-state index < -0.39 is 37.3 Å². The number of piperazine rings is 1. The fraction of sp³-hybridized carbons (Fsp3) is 0.364. The number of carbonyl (C=O) groups excluding carboxylic acids is 1. The molecule has 8 nitrogen and oxygen atoms in total. The lowest BCUT2D eigenvalue weighted by molar-refractivity contribution is -0.387. The maximum atomic E-state index is 13.6. The molecule has 1 N–H and O–H groups in total. The van der Waals surface area contributed by atoms with Gasteiger partial charge in [-0.15, -0.1) is 0 Å². The standard InChI is InChI=1S/C11H12FN3O5S/c1-7-4-8(5-9(11(7)12)15(17)18)21(19,20)14-3-2-13-10(16)6-14/h4-5H,2-3,6H2,1H3,(H,13,16). The number of nitrogens with one attached hydrogen (secondary N) is 1. The monoisotopic (exact) mass is 317 g/mol. The molecule has 114 valence electrons. The molecule has 0 unspecified atom stereocenters. The highest BCUT2D eigenvalue weighted by Gasteiger charge is 2.31. The van der Waals surface area contributed by atoms with E-state index in [1.165, 1.54) is 6.92 Å². The van der Waals surface area contributed by atoms with Crippen LogP contribution in [0.15, 0.2) is 17.0 Å². The number of nitro groups is 1. The third-order valence-corrected chi connectivity index (χ3v) is 4.87. The van der Waals surface area contributed by atoms with Gasteiger partial charge in [0.1, 0.15) is 0 Å². The molecule has 0 saturated carbocycles. The smallest absolute Gasteiger partial charge is 0.306 e. The first-order valence-corrected chi connectivity index (χ1v) is 7.39. The summed E-state index contributed by atoms with van der Waals surface area (Å²) >= 11 is 0. The Kier molecular flexibility index (Phi) is 3.92. The Morgan fingerprint density at radius 2 is 2.10 bits per heavy atom. The van der Waals surface area contributed by atoms with Crippen molar-refractivity contribution >= 4 is 21.6 Å². The zero-order valence-electron chi connectivity index (χ0n) is 11.0. The van der Waals surface area contributed by atoms with Gasteiger partial charge in [-0.1, -0.05) is 0 Å². The Morgan fingerprint density at radius 1 is 1.43 bits per heavy atom. The maximum absolute atomic E-state index is 13.6. The molecule has 1 heterocycles. The van der Waals surface area contributed by atoms with Gasteiger partial charge in [0, 0.05) is 19.2 Å². The average Bonchev–Trinajstić information content (AvgIpc) is 2.41. The van der Waals surface area contributed by atoms with Crippen LogP contribution in [-0.4, -0.2) is 43.2 Å². The molecule has 0 radical (unpaired) electrons. The molecule has 1 fully saturated rings. The van der Waals surface area contributed by atoms with Crippen molar-refractivity contribution in [3.63, 3.8) is 0 Å². The summed E-state index contributed by atoms with van der Waals surface area (Å²) in [5.41, 5.74) is -1.06. The van der Waals surface area contributed by atoms with E-state index in [1.807, 2.05) is 0 Å². The van der Waals surface area contributed by atoms with Crippen LogP contribution in [0.5, 0.6) is 0 Å². The zero-order valence-corrected chi connectivity index (χ0v) is 11.8. The van der Waals surface area contributed by atoms with Gasteiger partial charge < -0.3 is 5.32 Å². The number of hydrogen-bond donors (Lipinski definition) is 1.